The average Bonchev–Trinajstić information content (AvgIpc) is 2.11. The lowest BCUT2D eigenvalue weighted by atomic mass is 9.83. The predicted octanol–water partition coefficient (Wildman–Crippen LogP) is 3.40. The van der Waals surface area contributed by atoms with E-state index in [1.807, 2.05) is 20.8 Å². The Bertz CT molecular complexity index is 327. The molecule has 1 nitrogen and oxygen atoms in total. The molecule has 15 heavy (non-hydrogen) atoms. The van der Waals surface area contributed by atoms with Crippen LogP contribution in [-0.2, 0) is 6.42 Å². The Morgan fingerprint density at radius 3 is 2.53 bits per heavy atom. The molecule has 1 atom stereocenters. The molecule has 0 heterocycles. The molecule has 0 aliphatic rings. The van der Waals surface area contributed by atoms with Crippen molar-refractivity contribution in [3.8, 4) is 0 Å². The molecule has 0 saturated heterocycles. The van der Waals surface area contributed by atoms with Crippen molar-refractivity contribution < 1.29 is 4.39 Å². The standard InChI is InChI=1S/C12H17ClFN/c1-8(2)12(3,15)7-9-10(13)5-4-6-11(9)14/h4-6,8H,7,15H2,1-3H3. The van der Waals surface area contributed by atoms with Crippen molar-refractivity contribution in [2.45, 2.75) is 32.7 Å². The van der Waals surface area contributed by atoms with E-state index in [1.165, 1.54) is 6.07 Å². The van der Waals surface area contributed by atoms with Gasteiger partial charge < -0.3 is 5.73 Å². The van der Waals surface area contributed by atoms with Gasteiger partial charge in [-0.3, -0.25) is 0 Å². The molecular formula is C12H17ClFN. The molecule has 0 amide bonds. The minimum Gasteiger partial charge on any atom is -0.325 e. The second-order valence-electron chi connectivity index (χ2n) is 4.54. The van der Waals surface area contributed by atoms with Crippen molar-refractivity contribution in [3.05, 3.63) is 34.6 Å². The van der Waals surface area contributed by atoms with Crippen LogP contribution in [0.5, 0.6) is 0 Å². The largest absolute Gasteiger partial charge is 0.325 e. The van der Waals surface area contributed by atoms with E-state index < -0.39 is 5.54 Å². The van der Waals surface area contributed by atoms with Gasteiger partial charge in [0.15, 0.2) is 0 Å². The highest BCUT2D eigenvalue weighted by atomic mass is 35.5. The van der Waals surface area contributed by atoms with Crippen LogP contribution < -0.4 is 5.73 Å². The van der Waals surface area contributed by atoms with Crippen molar-refractivity contribution in [2.75, 3.05) is 0 Å². The lowest BCUT2D eigenvalue weighted by Crippen LogP contribution is -2.44. The number of hydrogen-bond donors (Lipinski definition) is 1. The van der Waals surface area contributed by atoms with Gasteiger partial charge in [0.2, 0.25) is 0 Å². The first-order chi connectivity index (χ1) is 6.84. The lowest BCUT2D eigenvalue weighted by Gasteiger charge is -2.29. The lowest BCUT2D eigenvalue weighted by molar-refractivity contribution is 0.334. The molecule has 0 saturated carbocycles. The van der Waals surface area contributed by atoms with Crippen molar-refractivity contribution in [3.63, 3.8) is 0 Å². The van der Waals surface area contributed by atoms with Crippen LogP contribution in [0.2, 0.25) is 5.02 Å². The first kappa shape index (κ1) is 12.5. The van der Waals surface area contributed by atoms with Gasteiger partial charge in [0.25, 0.3) is 0 Å². The van der Waals surface area contributed by atoms with E-state index in [-0.39, 0.29) is 11.7 Å². The van der Waals surface area contributed by atoms with E-state index in [0.29, 0.717) is 17.0 Å². The van der Waals surface area contributed by atoms with Crippen LogP contribution in [0.25, 0.3) is 0 Å². The Morgan fingerprint density at radius 2 is 2.07 bits per heavy atom. The summed E-state index contributed by atoms with van der Waals surface area (Å²) in [5, 5.41) is 0.451. The molecule has 84 valence electrons. The molecule has 0 aliphatic heterocycles. The number of benzene rings is 1. The molecule has 0 bridgehead atoms. The second-order valence-corrected chi connectivity index (χ2v) is 4.94. The Morgan fingerprint density at radius 1 is 1.47 bits per heavy atom. The summed E-state index contributed by atoms with van der Waals surface area (Å²) in [6.45, 7) is 5.96. The molecule has 0 radical (unpaired) electrons. The number of nitrogens with two attached hydrogens (primary N) is 1. The molecule has 0 spiro atoms. The Balaban J connectivity index is 2.99. The van der Waals surface area contributed by atoms with Crippen LogP contribution in [-0.4, -0.2) is 5.54 Å². The minimum atomic E-state index is -0.439. The second kappa shape index (κ2) is 4.50. The summed E-state index contributed by atoms with van der Waals surface area (Å²) in [7, 11) is 0. The maximum atomic E-state index is 13.5. The number of halogens is 2. The van der Waals surface area contributed by atoms with Crippen LogP contribution in [0.4, 0.5) is 4.39 Å². The van der Waals surface area contributed by atoms with E-state index in [9.17, 15) is 4.39 Å². The van der Waals surface area contributed by atoms with E-state index in [0.717, 1.165) is 0 Å². The van der Waals surface area contributed by atoms with E-state index in [4.69, 9.17) is 17.3 Å². The zero-order chi connectivity index (χ0) is 11.6. The maximum absolute atomic E-state index is 13.5. The summed E-state index contributed by atoms with van der Waals surface area (Å²) >= 11 is 5.94. The highest BCUT2D eigenvalue weighted by Crippen LogP contribution is 2.26. The van der Waals surface area contributed by atoms with Crippen LogP contribution >= 0.6 is 11.6 Å². The highest BCUT2D eigenvalue weighted by Gasteiger charge is 2.25. The first-order valence-corrected chi connectivity index (χ1v) is 5.44. The Hall–Kier alpha value is -0.600. The SMILES string of the molecule is CC(C)C(C)(N)Cc1c(F)cccc1Cl. The molecular weight excluding hydrogens is 213 g/mol. The molecule has 1 rings (SSSR count). The summed E-state index contributed by atoms with van der Waals surface area (Å²) in [6, 6.07) is 4.71. The van der Waals surface area contributed by atoms with Crippen LogP contribution in [0.1, 0.15) is 26.3 Å². The van der Waals surface area contributed by atoms with Gasteiger partial charge in [0, 0.05) is 16.1 Å². The van der Waals surface area contributed by atoms with Gasteiger partial charge in [-0.05, 0) is 31.4 Å². The maximum Gasteiger partial charge on any atom is 0.127 e. The molecule has 1 aromatic carbocycles. The molecule has 0 fully saturated rings. The fourth-order valence-electron chi connectivity index (χ4n) is 1.29. The van der Waals surface area contributed by atoms with Crippen molar-refractivity contribution in [2.24, 2.45) is 11.7 Å². The van der Waals surface area contributed by atoms with Crippen LogP contribution in [0, 0.1) is 11.7 Å². The van der Waals surface area contributed by atoms with Crippen molar-refractivity contribution in [1.82, 2.24) is 0 Å². The van der Waals surface area contributed by atoms with E-state index >= 15 is 0 Å². The highest BCUT2D eigenvalue weighted by molar-refractivity contribution is 6.31. The number of hydrogen-bond acceptors (Lipinski definition) is 1. The van der Waals surface area contributed by atoms with Gasteiger partial charge in [-0.15, -0.1) is 0 Å². The molecule has 3 heteroatoms. The molecule has 0 aliphatic carbocycles. The third kappa shape index (κ3) is 2.93. The first-order valence-electron chi connectivity index (χ1n) is 5.06. The normalized spacial score (nSPS) is 15.4. The quantitative estimate of drug-likeness (QED) is 0.845. The monoisotopic (exact) mass is 229 g/mol. The van der Waals surface area contributed by atoms with Gasteiger partial charge >= 0.3 is 0 Å². The smallest absolute Gasteiger partial charge is 0.127 e. The average molecular weight is 230 g/mol. The van der Waals surface area contributed by atoms with Gasteiger partial charge in [0.1, 0.15) is 5.82 Å². The molecule has 0 aromatic heterocycles. The minimum absolute atomic E-state index is 0.271. The summed E-state index contributed by atoms with van der Waals surface area (Å²) in [6.07, 6.45) is 0.455. The van der Waals surface area contributed by atoms with Gasteiger partial charge in [0.05, 0.1) is 0 Å². The summed E-state index contributed by atoms with van der Waals surface area (Å²) < 4.78 is 13.5. The van der Waals surface area contributed by atoms with Crippen molar-refractivity contribution in [1.29, 1.82) is 0 Å². The van der Waals surface area contributed by atoms with Crippen LogP contribution in [0.15, 0.2) is 18.2 Å². The van der Waals surface area contributed by atoms with E-state index in [2.05, 4.69) is 0 Å². The Kier molecular flexibility index (Phi) is 3.74. The van der Waals surface area contributed by atoms with Crippen LogP contribution in [0.3, 0.4) is 0 Å². The van der Waals surface area contributed by atoms with Gasteiger partial charge in [-0.2, -0.15) is 0 Å². The zero-order valence-electron chi connectivity index (χ0n) is 9.35. The molecule has 2 N–H and O–H groups in total. The molecule has 1 aromatic rings. The molecule has 1 unspecified atom stereocenters. The summed E-state index contributed by atoms with van der Waals surface area (Å²) in [5.74, 6) is -0.00648. The Labute approximate surface area is 95.4 Å². The third-order valence-corrected chi connectivity index (χ3v) is 3.29. The fourth-order valence-corrected chi connectivity index (χ4v) is 1.52. The third-order valence-electron chi connectivity index (χ3n) is 2.94. The summed E-state index contributed by atoms with van der Waals surface area (Å²) in [4.78, 5) is 0. The van der Waals surface area contributed by atoms with Crippen molar-refractivity contribution >= 4 is 11.6 Å². The van der Waals surface area contributed by atoms with E-state index in [1.54, 1.807) is 12.1 Å². The topological polar surface area (TPSA) is 26.0 Å². The fraction of sp³-hybridized carbons (Fsp3) is 0.500. The zero-order valence-corrected chi connectivity index (χ0v) is 10.1. The van der Waals surface area contributed by atoms with Gasteiger partial charge in [-0.25, -0.2) is 4.39 Å². The number of rotatable bonds is 3. The predicted molar refractivity (Wildman–Crippen MR) is 62.5 cm³/mol. The van der Waals surface area contributed by atoms with Gasteiger partial charge in [-0.1, -0.05) is 31.5 Å². The summed E-state index contributed by atoms with van der Waals surface area (Å²) in [5.41, 5.74) is 6.18.